The van der Waals surface area contributed by atoms with Crippen LogP contribution < -0.4 is 10.5 Å². The van der Waals surface area contributed by atoms with Gasteiger partial charge in [0.15, 0.2) is 0 Å². The number of methoxy groups -OCH3 is 1. The molecule has 1 aromatic carbocycles. The minimum atomic E-state index is -4.79. The maximum Gasteiger partial charge on any atom is 0.421 e. The van der Waals surface area contributed by atoms with Crippen molar-refractivity contribution in [1.29, 1.82) is 0 Å². The minimum Gasteiger partial charge on any atom is -0.496 e. The van der Waals surface area contributed by atoms with Gasteiger partial charge in [-0.1, -0.05) is 76.2 Å². The van der Waals surface area contributed by atoms with Crippen LogP contribution in [0.15, 0.2) is 60.5 Å². The van der Waals surface area contributed by atoms with E-state index in [4.69, 9.17) is 10.5 Å². The van der Waals surface area contributed by atoms with Crippen molar-refractivity contribution in [3.63, 3.8) is 0 Å². The average Bonchev–Trinajstić information content (AvgIpc) is 3.46. The zero-order chi connectivity index (χ0) is 33.7. The second-order valence-corrected chi connectivity index (χ2v) is 11.9. The first-order chi connectivity index (χ1) is 21.9. The number of halogens is 6. The van der Waals surface area contributed by atoms with Gasteiger partial charge in [-0.2, -0.15) is 26.3 Å². The number of hydrogen-bond donors (Lipinski definition) is 1. The van der Waals surface area contributed by atoms with Crippen molar-refractivity contribution < 1.29 is 31.1 Å². The van der Waals surface area contributed by atoms with Crippen molar-refractivity contribution in [3.05, 3.63) is 82.8 Å². The monoisotopic (exact) mass is 654 g/mol. The molecule has 1 fully saturated rings. The van der Waals surface area contributed by atoms with Gasteiger partial charge in [-0.15, -0.1) is 0 Å². The van der Waals surface area contributed by atoms with Crippen LogP contribution in [0, 0.1) is 0 Å². The number of likely N-dealkylation sites (tertiary alicyclic amines) is 1. The predicted octanol–water partition coefficient (Wildman–Crippen LogP) is 9.15. The molecule has 11 heteroatoms. The topological polar surface area (TPSA) is 54.6 Å². The number of nitrogens with zero attached hydrogens (tertiary/aromatic N) is 3. The van der Waals surface area contributed by atoms with Crippen LogP contribution in [0.5, 0.6) is 5.75 Å². The molecule has 0 spiro atoms. The summed E-state index contributed by atoms with van der Waals surface area (Å²) in [6.45, 7) is 4.30. The van der Waals surface area contributed by atoms with Gasteiger partial charge in [0.2, 0.25) is 0 Å². The Morgan fingerprint density at radius 2 is 1.59 bits per heavy atom. The Kier molecular flexibility index (Phi) is 14.4. The Bertz CT molecular complexity index is 1250. The molecule has 1 unspecified atom stereocenters. The maximum absolute atomic E-state index is 14.2. The van der Waals surface area contributed by atoms with Crippen molar-refractivity contribution in [3.8, 4) is 5.75 Å². The molecule has 1 saturated heterocycles. The summed E-state index contributed by atoms with van der Waals surface area (Å²) in [5.74, 6) is -0.397. The Labute approximate surface area is 269 Å². The van der Waals surface area contributed by atoms with Gasteiger partial charge in [-0.25, -0.2) is 0 Å². The van der Waals surface area contributed by atoms with Crippen LogP contribution in [0.4, 0.5) is 26.3 Å². The minimum absolute atomic E-state index is 0.114. The molecule has 3 heterocycles. The Morgan fingerprint density at radius 3 is 2.13 bits per heavy atom. The first-order valence-corrected chi connectivity index (χ1v) is 16.2. The molecule has 1 aromatic heterocycles. The van der Waals surface area contributed by atoms with E-state index in [0.29, 0.717) is 0 Å². The molecular formula is C35H48F6N4O. The standard InChI is InChI=1S/C25H25F6N3O.C10H23N/c1-33-13-4-6-19(33)17-5-3-14-34(15-17)23(16-7-9-18(10-8-16)24(26,27)28)22-21(25(29,30)31)20(35-2)11-12-32-22;1-2-3-4-5-6-7-8-9-10-11/h3,5,7-12,15,19,23H,4,6,13-14H2,1-2H3;2-11H2,1H3/t19-,23?;/m0./s1. The fourth-order valence-corrected chi connectivity index (χ4v) is 6.07. The lowest BCUT2D eigenvalue weighted by Crippen LogP contribution is -2.33. The summed E-state index contributed by atoms with van der Waals surface area (Å²) in [5.41, 5.74) is 4.33. The molecule has 0 bridgehead atoms. The first kappa shape index (κ1) is 37.4. The molecule has 256 valence electrons. The summed E-state index contributed by atoms with van der Waals surface area (Å²) in [4.78, 5) is 7.96. The van der Waals surface area contributed by atoms with E-state index in [2.05, 4.69) is 16.8 Å². The molecule has 2 aromatic rings. The zero-order valence-corrected chi connectivity index (χ0v) is 27.1. The van der Waals surface area contributed by atoms with Gasteiger partial charge < -0.3 is 15.4 Å². The Hall–Kier alpha value is -3.05. The van der Waals surface area contributed by atoms with Crippen LogP contribution in [0.1, 0.15) is 99.6 Å². The van der Waals surface area contributed by atoms with E-state index in [9.17, 15) is 26.3 Å². The van der Waals surface area contributed by atoms with Crippen LogP contribution in [0.3, 0.4) is 0 Å². The Morgan fingerprint density at radius 1 is 0.935 bits per heavy atom. The van der Waals surface area contributed by atoms with Gasteiger partial charge in [0.25, 0.3) is 0 Å². The highest BCUT2D eigenvalue weighted by molar-refractivity contribution is 5.45. The van der Waals surface area contributed by atoms with Gasteiger partial charge in [0.05, 0.1) is 24.4 Å². The summed E-state index contributed by atoms with van der Waals surface area (Å²) in [6.07, 6.45) is 10.4. The fraction of sp³-hybridized carbons (Fsp3) is 0.571. The molecule has 2 aliphatic heterocycles. The van der Waals surface area contributed by atoms with Gasteiger partial charge in [-0.05, 0) is 68.7 Å². The van der Waals surface area contributed by atoms with Crippen molar-refractivity contribution in [2.45, 2.75) is 95.6 Å². The van der Waals surface area contributed by atoms with Crippen LogP contribution in [0.2, 0.25) is 0 Å². The molecule has 2 aliphatic rings. The lowest BCUT2D eigenvalue weighted by atomic mass is 9.94. The van der Waals surface area contributed by atoms with Crippen molar-refractivity contribution in [1.82, 2.24) is 14.8 Å². The molecule has 0 aliphatic carbocycles. The van der Waals surface area contributed by atoms with Crippen LogP contribution in [-0.4, -0.2) is 54.6 Å². The molecular weight excluding hydrogens is 606 g/mol. The molecule has 4 rings (SSSR count). The fourth-order valence-electron chi connectivity index (χ4n) is 6.07. The molecule has 0 saturated carbocycles. The highest BCUT2D eigenvalue weighted by Gasteiger charge is 2.42. The molecule has 2 N–H and O–H groups in total. The maximum atomic E-state index is 14.2. The van der Waals surface area contributed by atoms with Crippen molar-refractivity contribution >= 4 is 0 Å². The van der Waals surface area contributed by atoms with E-state index >= 15 is 0 Å². The summed E-state index contributed by atoms with van der Waals surface area (Å²) < 4.78 is 87.1. The molecule has 5 nitrogen and oxygen atoms in total. The average molecular weight is 655 g/mol. The van der Waals surface area contributed by atoms with E-state index in [1.807, 2.05) is 19.2 Å². The summed E-state index contributed by atoms with van der Waals surface area (Å²) in [6, 6.07) is 4.33. The number of benzene rings is 1. The smallest absolute Gasteiger partial charge is 0.421 e. The second-order valence-electron chi connectivity index (χ2n) is 11.9. The van der Waals surface area contributed by atoms with E-state index in [-0.39, 0.29) is 23.8 Å². The van der Waals surface area contributed by atoms with Gasteiger partial charge >= 0.3 is 12.4 Å². The molecule has 2 atom stereocenters. The normalized spacial score (nSPS) is 17.8. The number of nitrogens with two attached hydrogens (primary N) is 1. The number of ether oxygens (including phenoxy) is 1. The van der Waals surface area contributed by atoms with Crippen molar-refractivity contribution in [2.75, 3.05) is 33.8 Å². The molecule has 0 amide bonds. The number of unbranched alkanes of at least 4 members (excludes halogenated alkanes) is 7. The van der Waals surface area contributed by atoms with Crippen LogP contribution in [-0.2, 0) is 12.4 Å². The number of alkyl halides is 6. The van der Waals surface area contributed by atoms with E-state index in [1.165, 1.54) is 69.7 Å². The highest BCUT2D eigenvalue weighted by Crippen LogP contribution is 2.44. The van der Waals surface area contributed by atoms with Gasteiger partial charge in [-0.3, -0.25) is 9.88 Å². The third-order valence-electron chi connectivity index (χ3n) is 8.49. The third kappa shape index (κ3) is 10.5. The first-order valence-electron chi connectivity index (χ1n) is 16.2. The number of hydrogen-bond acceptors (Lipinski definition) is 5. The number of pyridine rings is 1. The lowest BCUT2D eigenvalue weighted by molar-refractivity contribution is -0.140. The zero-order valence-electron chi connectivity index (χ0n) is 27.1. The third-order valence-corrected chi connectivity index (χ3v) is 8.49. The highest BCUT2D eigenvalue weighted by atomic mass is 19.4. The number of rotatable bonds is 13. The van der Waals surface area contributed by atoms with Crippen LogP contribution in [0.25, 0.3) is 0 Å². The van der Waals surface area contributed by atoms with E-state index in [0.717, 1.165) is 56.8 Å². The van der Waals surface area contributed by atoms with Crippen LogP contribution >= 0.6 is 0 Å². The Balaban J connectivity index is 0.000000449. The lowest BCUT2D eigenvalue weighted by Gasteiger charge is -2.35. The molecule has 0 radical (unpaired) electrons. The largest absolute Gasteiger partial charge is 0.496 e. The van der Waals surface area contributed by atoms with E-state index < -0.39 is 35.3 Å². The van der Waals surface area contributed by atoms with Gasteiger partial charge in [0, 0.05) is 25.0 Å². The SMILES string of the molecule is CCCCCCCCCCN.COc1ccnc(C(c2ccc(C(F)(F)F)cc2)N2C=C([C@@H]3CCCN3C)C=CC2)c1C(F)(F)F. The predicted molar refractivity (Wildman–Crippen MR) is 170 cm³/mol. The number of likely N-dealkylation sites (N-methyl/N-ethyl adjacent to an activating group) is 1. The second kappa shape index (κ2) is 17.8. The van der Waals surface area contributed by atoms with Crippen molar-refractivity contribution in [2.24, 2.45) is 5.73 Å². The summed E-state index contributed by atoms with van der Waals surface area (Å²) in [7, 11) is 3.13. The summed E-state index contributed by atoms with van der Waals surface area (Å²) in [5, 5.41) is 0. The van der Waals surface area contributed by atoms with Gasteiger partial charge in [0.1, 0.15) is 11.3 Å². The quantitative estimate of drug-likeness (QED) is 0.173. The van der Waals surface area contributed by atoms with E-state index in [1.54, 1.807) is 11.1 Å². The molecule has 46 heavy (non-hydrogen) atoms. The summed E-state index contributed by atoms with van der Waals surface area (Å²) >= 11 is 0. The number of aromatic nitrogens is 1.